The first kappa shape index (κ1) is 21.2. The number of nitrogens with zero attached hydrogens (tertiary/aromatic N) is 3. The molecule has 158 valence electrons. The first-order chi connectivity index (χ1) is 15.0. The first-order valence-corrected chi connectivity index (χ1v) is 11.1. The van der Waals surface area contributed by atoms with Gasteiger partial charge in [-0.2, -0.15) is 0 Å². The quantitative estimate of drug-likeness (QED) is 0.409. The average Bonchev–Trinajstić information content (AvgIpc) is 3.47. The maximum atomic E-state index is 12.7. The number of hydrogen-bond donors (Lipinski definition) is 1. The fourth-order valence-corrected chi connectivity index (χ4v) is 4.52. The minimum Gasteiger partial charge on any atom is -0.484 e. The lowest BCUT2D eigenvalue weighted by Crippen LogP contribution is -2.27. The van der Waals surface area contributed by atoms with Gasteiger partial charge in [-0.1, -0.05) is 47.4 Å². The summed E-state index contributed by atoms with van der Waals surface area (Å²) in [6, 6.07) is 10.7. The second kappa shape index (κ2) is 9.41. The number of nitrogens with one attached hydrogen (secondary N) is 1. The molecule has 0 saturated carbocycles. The van der Waals surface area contributed by atoms with Gasteiger partial charge in [-0.05, 0) is 42.8 Å². The van der Waals surface area contributed by atoms with E-state index in [2.05, 4.69) is 15.5 Å². The number of aromatic nitrogens is 2. The van der Waals surface area contributed by atoms with Gasteiger partial charge in [0.25, 0.3) is 11.8 Å². The summed E-state index contributed by atoms with van der Waals surface area (Å²) in [4.78, 5) is 26.7. The fraction of sp³-hybridized carbons (Fsp3) is 0.150. The van der Waals surface area contributed by atoms with Crippen molar-refractivity contribution >= 4 is 62.7 Å². The zero-order valence-electron chi connectivity index (χ0n) is 16.2. The van der Waals surface area contributed by atoms with E-state index in [1.165, 1.54) is 28.0 Å². The van der Waals surface area contributed by atoms with Crippen molar-refractivity contribution < 1.29 is 18.7 Å². The van der Waals surface area contributed by atoms with E-state index < -0.39 is 0 Å². The predicted octanol–water partition coefficient (Wildman–Crippen LogP) is 3.86. The van der Waals surface area contributed by atoms with Gasteiger partial charge < -0.3 is 9.15 Å². The highest BCUT2D eigenvalue weighted by Crippen LogP contribution is 2.33. The lowest BCUT2D eigenvalue weighted by Gasteiger charge is -2.11. The van der Waals surface area contributed by atoms with Gasteiger partial charge in [0, 0.05) is 0 Å². The number of benzene rings is 1. The highest BCUT2D eigenvalue weighted by Gasteiger charge is 2.32. The summed E-state index contributed by atoms with van der Waals surface area (Å²) in [5.74, 6) is 0.728. The van der Waals surface area contributed by atoms with Gasteiger partial charge in [0.15, 0.2) is 6.61 Å². The third-order valence-electron chi connectivity index (χ3n) is 4.09. The standard InChI is InChI=1S/C20H16N4O4S3/c1-12-22-23-19(30-12)21-17(25)11-28-14-6-4-13(5-7-14)9-16-18(26)24(20(29)31-16)10-15-3-2-8-27-15/h2-9H,10-11H2,1H3,(H,21,23,25)/b16-9-. The highest BCUT2D eigenvalue weighted by atomic mass is 32.2. The smallest absolute Gasteiger partial charge is 0.266 e. The summed E-state index contributed by atoms with van der Waals surface area (Å²) in [7, 11) is 0. The van der Waals surface area contributed by atoms with E-state index in [9.17, 15) is 9.59 Å². The third-order valence-corrected chi connectivity index (χ3v) is 6.22. The Labute approximate surface area is 191 Å². The number of hydrogen-bond acceptors (Lipinski definition) is 9. The van der Waals surface area contributed by atoms with Crippen LogP contribution in [0, 0.1) is 6.92 Å². The molecule has 2 aromatic heterocycles. The molecule has 4 rings (SSSR count). The van der Waals surface area contributed by atoms with Crippen LogP contribution in [0.2, 0.25) is 0 Å². The molecule has 8 nitrogen and oxygen atoms in total. The van der Waals surface area contributed by atoms with Crippen molar-refractivity contribution in [1.29, 1.82) is 0 Å². The van der Waals surface area contributed by atoms with Crippen LogP contribution in [-0.2, 0) is 16.1 Å². The number of thiocarbonyl (C=S) groups is 1. The van der Waals surface area contributed by atoms with Crippen molar-refractivity contribution in [3.63, 3.8) is 0 Å². The van der Waals surface area contributed by atoms with Gasteiger partial charge in [-0.15, -0.1) is 10.2 Å². The summed E-state index contributed by atoms with van der Waals surface area (Å²) >= 11 is 7.88. The molecule has 31 heavy (non-hydrogen) atoms. The fourth-order valence-electron chi connectivity index (χ4n) is 2.66. The minimum absolute atomic E-state index is 0.149. The van der Waals surface area contributed by atoms with Crippen LogP contribution in [0.1, 0.15) is 16.3 Å². The summed E-state index contributed by atoms with van der Waals surface area (Å²) < 4.78 is 11.3. The molecule has 0 spiro atoms. The number of thioether (sulfide) groups is 1. The lowest BCUT2D eigenvalue weighted by atomic mass is 10.2. The van der Waals surface area contributed by atoms with E-state index in [0.717, 1.165) is 10.6 Å². The van der Waals surface area contributed by atoms with Crippen LogP contribution >= 0.6 is 35.3 Å². The molecule has 0 unspecified atom stereocenters. The molecule has 1 aliphatic heterocycles. The Morgan fingerprint density at radius 1 is 1.29 bits per heavy atom. The van der Waals surface area contributed by atoms with Crippen molar-refractivity contribution in [2.45, 2.75) is 13.5 Å². The van der Waals surface area contributed by atoms with Gasteiger partial charge in [0.1, 0.15) is 20.8 Å². The normalized spacial score (nSPS) is 15.0. The molecule has 1 aromatic carbocycles. The van der Waals surface area contributed by atoms with Gasteiger partial charge in [-0.25, -0.2) is 0 Å². The Hall–Kier alpha value is -3.02. The van der Waals surface area contributed by atoms with Crippen LogP contribution in [-0.4, -0.2) is 37.8 Å². The number of furan rings is 1. The summed E-state index contributed by atoms with van der Waals surface area (Å²) in [6.07, 6.45) is 3.34. The monoisotopic (exact) mass is 472 g/mol. The molecular weight excluding hydrogens is 456 g/mol. The topological polar surface area (TPSA) is 97.6 Å². The molecule has 11 heteroatoms. The molecule has 1 aliphatic rings. The van der Waals surface area contributed by atoms with E-state index in [1.54, 1.807) is 48.7 Å². The van der Waals surface area contributed by atoms with Gasteiger partial charge in [-0.3, -0.25) is 19.8 Å². The Bertz CT molecular complexity index is 1140. The number of aryl methyl sites for hydroxylation is 1. The van der Waals surface area contributed by atoms with Gasteiger partial charge in [0.05, 0.1) is 17.7 Å². The van der Waals surface area contributed by atoms with Crippen molar-refractivity contribution in [3.8, 4) is 5.75 Å². The van der Waals surface area contributed by atoms with Crippen molar-refractivity contribution in [2.24, 2.45) is 0 Å². The van der Waals surface area contributed by atoms with Gasteiger partial charge in [0.2, 0.25) is 5.13 Å². The van der Waals surface area contributed by atoms with E-state index in [4.69, 9.17) is 21.4 Å². The zero-order chi connectivity index (χ0) is 21.8. The van der Waals surface area contributed by atoms with E-state index in [-0.39, 0.29) is 18.4 Å². The molecule has 0 aliphatic carbocycles. The van der Waals surface area contributed by atoms with Gasteiger partial charge >= 0.3 is 0 Å². The molecule has 0 radical (unpaired) electrons. The third kappa shape index (κ3) is 5.37. The van der Waals surface area contributed by atoms with Crippen LogP contribution in [0.4, 0.5) is 5.13 Å². The number of carbonyl (C=O) groups is 2. The lowest BCUT2D eigenvalue weighted by molar-refractivity contribution is -0.122. The number of anilines is 1. The molecule has 1 fully saturated rings. The summed E-state index contributed by atoms with van der Waals surface area (Å²) in [6.45, 7) is 1.96. The Kier molecular flexibility index (Phi) is 6.44. The molecule has 1 N–H and O–H groups in total. The van der Waals surface area contributed by atoms with Crippen LogP contribution in [0.25, 0.3) is 6.08 Å². The average molecular weight is 473 g/mol. The van der Waals surface area contributed by atoms with Crippen molar-refractivity contribution in [2.75, 3.05) is 11.9 Å². The molecule has 0 atom stereocenters. The molecule has 2 amide bonds. The molecular formula is C20H16N4O4S3. The zero-order valence-corrected chi connectivity index (χ0v) is 18.7. The molecule has 0 bridgehead atoms. The predicted molar refractivity (Wildman–Crippen MR) is 123 cm³/mol. The maximum Gasteiger partial charge on any atom is 0.266 e. The Morgan fingerprint density at radius 2 is 2.10 bits per heavy atom. The van der Waals surface area contributed by atoms with Crippen LogP contribution in [0.3, 0.4) is 0 Å². The maximum absolute atomic E-state index is 12.7. The van der Waals surface area contributed by atoms with E-state index in [0.29, 0.717) is 32.4 Å². The van der Waals surface area contributed by atoms with Crippen LogP contribution in [0.15, 0.2) is 52.0 Å². The largest absolute Gasteiger partial charge is 0.484 e. The minimum atomic E-state index is -0.319. The van der Waals surface area contributed by atoms with Crippen LogP contribution in [0.5, 0.6) is 5.75 Å². The number of amides is 2. The highest BCUT2D eigenvalue weighted by molar-refractivity contribution is 8.26. The Balaban J connectivity index is 1.33. The Morgan fingerprint density at radius 3 is 2.77 bits per heavy atom. The second-order valence-corrected chi connectivity index (χ2v) is 9.24. The second-order valence-electron chi connectivity index (χ2n) is 6.38. The van der Waals surface area contributed by atoms with E-state index >= 15 is 0 Å². The molecule has 3 aromatic rings. The number of ether oxygens (including phenoxy) is 1. The summed E-state index contributed by atoms with van der Waals surface area (Å²) in [5.41, 5.74) is 0.819. The first-order valence-electron chi connectivity index (χ1n) is 9.08. The van der Waals surface area contributed by atoms with Crippen molar-refractivity contribution in [3.05, 3.63) is 63.9 Å². The van der Waals surface area contributed by atoms with Crippen molar-refractivity contribution in [1.82, 2.24) is 15.1 Å². The SMILES string of the molecule is Cc1nnc(NC(=O)COc2ccc(/C=C3\SC(=S)N(Cc4ccco4)C3=O)cc2)s1. The van der Waals surface area contributed by atoms with E-state index in [1.807, 2.05) is 6.92 Å². The number of rotatable bonds is 7. The summed E-state index contributed by atoms with van der Waals surface area (Å²) in [5, 5.41) is 11.5. The molecule has 3 heterocycles. The van der Waals surface area contributed by atoms with Crippen LogP contribution < -0.4 is 10.1 Å². The number of carbonyl (C=O) groups excluding carboxylic acids is 2. The molecule has 1 saturated heterocycles.